The number of nitrogens with one attached hydrogen (secondary N) is 1. The highest BCUT2D eigenvalue weighted by Crippen LogP contribution is 2.29. The van der Waals surface area contributed by atoms with E-state index in [1.54, 1.807) is 12.3 Å². The SMILES string of the molecule is CCCn1c(C#N)nc2nc(-c3cnn(Cc4cccc(C(F)(F)F)c4)c3)[nH]c2c1=O. The molecule has 31 heavy (non-hydrogen) atoms. The molecule has 0 unspecified atom stereocenters. The fraction of sp³-hybridized carbons (Fsp3) is 0.250. The van der Waals surface area contributed by atoms with Crippen molar-refractivity contribution in [3.8, 4) is 17.5 Å². The van der Waals surface area contributed by atoms with Gasteiger partial charge in [-0.05, 0) is 24.1 Å². The summed E-state index contributed by atoms with van der Waals surface area (Å²) in [5, 5.41) is 13.4. The molecule has 0 aliphatic carbocycles. The molecule has 11 heteroatoms. The van der Waals surface area contributed by atoms with Crippen LogP contribution in [0.25, 0.3) is 22.6 Å². The van der Waals surface area contributed by atoms with Crippen molar-refractivity contribution in [3.05, 3.63) is 64.0 Å². The van der Waals surface area contributed by atoms with Crippen molar-refractivity contribution in [2.45, 2.75) is 32.6 Å². The second kappa shape index (κ2) is 7.71. The summed E-state index contributed by atoms with van der Waals surface area (Å²) in [5.74, 6) is 0.311. The van der Waals surface area contributed by atoms with Crippen LogP contribution in [0.4, 0.5) is 13.2 Å². The molecule has 0 fully saturated rings. The van der Waals surface area contributed by atoms with Crippen LogP contribution in [-0.2, 0) is 19.3 Å². The van der Waals surface area contributed by atoms with Gasteiger partial charge in [0.25, 0.3) is 5.56 Å². The number of H-pyrrole nitrogens is 1. The molecule has 1 aromatic carbocycles. The van der Waals surface area contributed by atoms with Crippen LogP contribution in [0.1, 0.15) is 30.3 Å². The number of nitriles is 1. The second-order valence-electron chi connectivity index (χ2n) is 6.91. The van der Waals surface area contributed by atoms with E-state index in [2.05, 4.69) is 20.1 Å². The smallest absolute Gasteiger partial charge is 0.332 e. The number of alkyl halides is 3. The number of hydrogen-bond donors (Lipinski definition) is 1. The van der Waals surface area contributed by atoms with E-state index >= 15 is 0 Å². The Balaban J connectivity index is 1.66. The quantitative estimate of drug-likeness (QED) is 0.526. The molecule has 3 heterocycles. The van der Waals surface area contributed by atoms with Crippen molar-refractivity contribution in [2.24, 2.45) is 0 Å². The number of nitrogens with zero attached hydrogens (tertiary/aromatic N) is 6. The minimum atomic E-state index is -4.42. The van der Waals surface area contributed by atoms with E-state index in [1.807, 2.05) is 13.0 Å². The molecule has 0 atom stereocenters. The van der Waals surface area contributed by atoms with Gasteiger partial charge in [0.2, 0.25) is 5.82 Å². The molecule has 0 spiro atoms. The van der Waals surface area contributed by atoms with E-state index in [4.69, 9.17) is 0 Å². The lowest BCUT2D eigenvalue weighted by Crippen LogP contribution is -2.24. The monoisotopic (exact) mass is 427 g/mol. The lowest BCUT2D eigenvalue weighted by molar-refractivity contribution is -0.137. The molecular weight excluding hydrogens is 411 g/mol. The van der Waals surface area contributed by atoms with Gasteiger partial charge in [0.15, 0.2) is 11.2 Å². The van der Waals surface area contributed by atoms with Gasteiger partial charge >= 0.3 is 6.18 Å². The first kappa shape index (κ1) is 20.3. The molecule has 158 valence electrons. The third-order valence-corrected chi connectivity index (χ3v) is 4.66. The number of benzene rings is 1. The number of aromatic nitrogens is 6. The number of rotatable bonds is 5. The average Bonchev–Trinajstić information content (AvgIpc) is 3.36. The van der Waals surface area contributed by atoms with Gasteiger partial charge in [-0.2, -0.15) is 28.5 Å². The minimum Gasteiger partial charge on any atom is -0.332 e. The van der Waals surface area contributed by atoms with Gasteiger partial charge in [-0.15, -0.1) is 0 Å². The van der Waals surface area contributed by atoms with Crippen LogP contribution in [0.3, 0.4) is 0 Å². The zero-order chi connectivity index (χ0) is 22.2. The maximum Gasteiger partial charge on any atom is 0.416 e. The molecule has 0 saturated heterocycles. The van der Waals surface area contributed by atoms with Gasteiger partial charge in [-0.1, -0.05) is 19.1 Å². The molecule has 3 aromatic heterocycles. The molecule has 1 N–H and O–H groups in total. The van der Waals surface area contributed by atoms with Crippen molar-refractivity contribution in [2.75, 3.05) is 0 Å². The molecule has 0 saturated carbocycles. The Morgan fingerprint density at radius 3 is 2.77 bits per heavy atom. The Morgan fingerprint density at radius 2 is 2.06 bits per heavy atom. The first-order valence-corrected chi connectivity index (χ1v) is 9.39. The molecule has 0 aliphatic rings. The second-order valence-corrected chi connectivity index (χ2v) is 6.91. The van der Waals surface area contributed by atoms with Crippen LogP contribution in [0.5, 0.6) is 0 Å². The standard InChI is InChI=1S/C20H16F3N7O/c1-2-6-30-15(8-24)26-18-16(19(30)31)27-17(28-18)13-9-25-29(11-13)10-12-4-3-5-14(7-12)20(21,22)23/h3-5,7,9,11H,2,6,10H2,1H3,(H,27,28). The lowest BCUT2D eigenvalue weighted by atomic mass is 10.1. The Labute approximate surface area is 173 Å². The van der Waals surface area contributed by atoms with E-state index in [1.165, 1.54) is 21.5 Å². The van der Waals surface area contributed by atoms with E-state index in [-0.39, 0.29) is 23.5 Å². The van der Waals surface area contributed by atoms with Gasteiger partial charge in [-0.3, -0.25) is 14.0 Å². The number of imidazole rings is 1. The molecule has 4 aromatic rings. The van der Waals surface area contributed by atoms with E-state index in [0.717, 1.165) is 12.1 Å². The summed E-state index contributed by atoms with van der Waals surface area (Å²) in [5.41, 5.74) is 0.153. The lowest BCUT2D eigenvalue weighted by Gasteiger charge is -2.08. The zero-order valence-corrected chi connectivity index (χ0v) is 16.3. The molecular formula is C20H16F3N7O. The van der Waals surface area contributed by atoms with Gasteiger partial charge in [0.05, 0.1) is 23.9 Å². The van der Waals surface area contributed by atoms with Crippen LogP contribution in [0.15, 0.2) is 41.5 Å². The summed E-state index contributed by atoms with van der Waals surface area (Å²) in [6, 6.07) is 6.93. The molecule has 0 amide bonds. The maximum atomic E-state index is 12.9. The van der Waals surface area contributed by atoms with Crippen LogP contribution in [0, 0.1) is 11.3 Å². The van der Waals surface area contributed by atoms with Crippen molar-refractivity contribution in [1.82, 2.24) is 29.3 Å². The molecule has 0 radical (unpaired) electrons. The maximum absolute atomic E-state index is 12.9. The fourth-order valence-corrected chi connectivity index (χ4v) is 3.24. The highest BCUT2D eigenvalue weighted by molar-refractivity contribution is 5.75. The topological polar surface area (TPSA) is 105 Å². The van der Waals surface area contributed by atoms with Crippen LogP contribution in [-0.4, -0.2) is 29.3 Å². The fourth-order valence-electron chi connectivity index (χ4n) is 3.24. The third-order valence-electron chi connectivity index (χ3n) is 4.66. The molecule has 0 bridgehead atoms. The Morgan fingerprint density at radius 1 is 1.26 bits per heavy atom. The van der Waals surface area contributed by atoms with Crippen molar-refractivity contribution in [3.63, 3.8) is 0 Å². The highest BCUT2D eigenvalue weighted by Gasteiger charge is 2.30. The van der Waals surface area contributed by atoms with Gasteiger partial charge in [-0.25, -0.2) is 4.98 Å². The molecule has 0 aliphatic heterocycles. The van der Waals surface area contributed by atoms with Gasteiger partial charge in [0.1, 0.15) is 11.9 Å². The first-order chi connectivity index (χ1) is 14.8. The van der Waals surface area contributed by atoms with Crippen molar-refractivity contribution >= 4 is 11.2 Å². The Hall–Kier alpha value is -3.94. The predicted molar refractivity (Wildman–Crippen MR) is 105 cm³/mol. The normalized spacial score (nSPS) is 11.7. The molecule has 4 rings (SSSR count). The number of halogens is 3. The van der Waals surface area contributed by atoms with E-state index in [0.29, 0.717) is 29.9 Å². The average molecular weight is 427 g/mol. The summed E-state index contributed by atoms with van der Waals surface area (Å²) in [7, 11) is 0. The predicted octanol–water partition coefficient (Wildman–Crippen LogP) is 3.33. The summed E-state index contributed by atoms with van der Waals surface area (Å²) < 4.78 is 41.5. The van der Waals surface area contributed by atoms with E-state index < -0.39 is 17.3 Å². The van der Waals surface area contributed by atoms with Crippen molar-refractivity contribution in [1.29, 1.82) is 5.26 Å². The van der Waals surface area contributed by atoms with Gasteiger partial charge in [0, 0.05) is 12.7 Å². The van der Waals surface area contributed by atoms with Gasteiger partial charge < -0.3 is 4.98 Å². The zero-order valence-electron chi connectivity index (χ0n) is 16.3. The van der Waals surface area contributed by atoms with Crippen LogP contribution >= 0.6 is 0 Å². The van der Waals surface area contributed by atoms with E-state index in [9.17, 15) is 23.2 Å². The summed E-state index contributed by atoms with van der Waals surface area (Å²) in [4.78, 5) is 24.0. The Kier molecular flexibility index (Phi) is 5.06. The Bertz CT molecular complexity index is 1360. The van der Waals surface area contributed by atoms with Crippen LogP contribution < -0.4 is 5.56 Å². The highest BCUT2D eigenvalue weighted by atomic mass is 19.4. The third kappa shape index (κ3) is 3.92. The van der Waals surface area contributed by atoms with Crippen LogP contribution in [0.2, 0.25) is 0 Å². The first-order valence-electron chi connectivity index (χ1n) is 9.39. The summed E-state index contributed by atoms with van der Waals surface area (Å²) in [6.07, 6.45) is -0.667. The largest absolute Gasteiger partial charge is 0.416 e. The van der Waals surface area contributed by atoms with Crippen molar-refractivity contribution < 1.29 is 13.2 Å². The number of hydrogen-bond acceptors (Lipinski definition) is 5. The number of aromatic amines is 1. The molecule has 8 nitrogen and oxygen atoms in total. The summed E-state index contributed by atoms with van der Waals surface area (Å²) >= 11 is 0. The number of fused-ring (bicyclic) bond motifs is 1. The summed E-state index contributed by atoms with van der Waals surface area (Å²) in [6.45, 7) is 2.37. The minimum absolute atomic E-state index is 0.0161.